The molecule has 112 valence electrons. The standard InChI is InChI=1S/C14H18F3NO2/c1-3-4-5-8-18(2)10-6-7-12(14(15,16)17)11(9-10)13(19)20/h6-7,9H,3-5,8H2,1-2H3,(H,19,20). The minimum absolute atomic E-state index is 0.478. The van der Waals surface area contributed by atoms with Crippen LogP contribution in [0.5, 0.6) is 0 Å². The van der Waals surface area contributed by atoms with Gasteiger partial charge in [0.1, 0.15) is 0 Å². The first-order chi connectivity index (χ1) is 9.27. The molecule has 3 nitrogen and oxygen atoms in total. The normalized spacial score (nSPS) is 11.4. The van der Waals surface area contributed by atoms with Gasteiger partial charge in [0.2, 0.25) is 0 Å². The lowest BCUT2D eigenvalue weighted by Gasteiger charge is -2.21. The number of carbonyl (C=O) groups is 1. The van der Waals surface area contributed by atoms with E-state index in [9.17, 15) is 18.0 Å². The highest BCUT2D eigenvalue weighted by molar-refractivity contribution is 5.91. The molecule has 0 amide bonds. The minimum Gasteiger partial charge on any atom is -0.478 e. The number of halogens is 3. The van der Waals surface area contributed by atoms with E-state index in [1.165, 1.54) is 6.07 Å². The summed E-state index contributed by atoms with van der Waals surface area (Å²) in [7, 11) is 1.74. The number of unbranched alkanes of at least 4 members (excludes halogenated alkanes) is 2. The predicted octanol–water partition coefficient (Wildman–Crippen LogP) is 4.03. The molecule has 6 heteroatoms. The molecule has 1 aromatic carbocycles. The molecule has 0 unspecified atom stereocenters. The first-order valence-corrected chi connectivity index (χ1v) is 6.43. The first-order valence-electron chi connectivity index (χ1n) is 6.43. The Hall–Kier alpha value is -1.72. The van der Waals surface area contributed by atoms with Crippen LogP contribution in [-0.4, -0.2) is 24.7 Å². The molecule has 0 fully saturated rings. The molecule has 0 aliphatic rings. The molecule has 0 heterocycles. The van der Waals surface area contributed by atoms with E-state index in [2.05, 4.69) is 6.92 Å². The number of hydrogen-bond acceptors (Lipinski definition) is 2. The summed E-state index contributed by atoms with van der Waals surface area (Å²) >= 11 is 0. The van der Waals surface area contributed by atoms with E-state index in [4.69, 9.17) is 5.11 Å². The number of carboxylic acid groups (broad SMARTS) is 1. The second-order valence-electron chi connectivity index (χ2n) is 4.66. The summed E-state index contributed by atoms with van der Waals surface area (Å²) in [4.78, 5) is 12.8. The number of hydrogen-bond donors (Lipinski definition) is 1. The van der Waals surface area contributed by atoms with Gasteiger partial charge in [0, 0.05) is 19.3 Å². The van der Waals surface area contributed by atoms with Gasteiger partial charge in [-0.2, -0.15) is 13.2 Å². The third-order valence-corrected chi connectivity index (χ3v) is 3.08. The van der Waals surface area contributed by atoms with Crippen molar-refractivity contribution >= 4 is 11.7 Å². The van der Waals surface area contributed by atoms with Crippen molar-refractivity contribution in [2.75, 3.05) is 18.5 Å². The number of nitrogens with zero attached hydrogens (tertiary/aromatic N) is 1. The van der Waals surface area contributed by atoms with Crippen LogP contribution in [0.15, 0.2) is 18.2 Å². The van der Waals surface area contributed by atoms with Crippen LogP contribution < -0.4 is 4.90 Å². The van der Waals surface area contributed by atoms with E-state index in [0.29, 0.717) is 12.2 Å². The monoisotopic (exact) mass is 289 g/mol. The molecule has 0 radical (unpaired) electrons. The summed E-state index contributed by atoms with van der Waals surface area (Å²) in [6, 6.07) is 3.22. The highest BCUT2D eigenvalue weighted by Gasteiger charge is 2.35. The molecule has 1 N–H and O–H groups in total. The maximum absolute atomic E-state index is 12.7. The Balaban J connectivity index is 3.02. The van der Waals surface area contributed by atoms with Gasteiger partial charge in [-0.3, -0.25) is 0 Å². The highest BCUT2D eigenvalue weighted by atomic mass is 19.4. The molecule has 0 saturated carbocycles. The Bertz CT molecular complexity index is 472. The number of carboxylic acids is 1. The smallest absolute Gasteiger partial charge is 0.417 e. The largest absolute Gasteiger partial charge is 0.478 e. The summed E-state index contributed by atoms with van der Waals surface area (Å²) in [5.74, 6) is -1.57. The van der Waals surface area contributed by atoms with Gasteiger partial charge in [0.25, 0.3) is 0 Å². The molecule has 0 aliphatic heterocycles. The Morgan fingerprint density at radius 2 is 1.95 bits per heavy atom. The quantitative estimate of drug-likeness (QED) is 0.804. The van der Waals surface area contributed by atoms with Crippen molar-refractivity contribution in [3.63, 3.8) is 0 Å². The lowest BCUT2D eigenvalue weighted by molar-refractivity contribution is -0.138. The summed E-state index contributed by atoms with van der Waals surface area (Å²) < 4.78 is 38.1. The number of alkyl halides is 3. The van der Waals surface area contributed by atoms with Crippen LogP contribution in [0, 0.1) is 0 Å². The number of rotatable bonds is 6. The third kappa shape index (κ3) is 4.15. The number of benzene rings is 1. The minimum atomic E-state index is -4.66. The highest BCUT2D eigenvalue weighted by Crippen LogP contribution is 2.34. The van der Waals surface area contributed by atoms with Gasteiger partial charge in [-0.1, -0.05) is 19.8 Å². The van der Waals surface area contributed by atoms with Crippen molar-refractivity contribution < 1.29 is 23.1 Å². The zero-order valence-electron chi connectivity index (χ0n) is 11.5. The summed E-state index contributed by atoms with van der Waals surface area (Å²) in [6.45, 7) is 2.74. The molecule has 0 aliphatic carbocycles. The second kappa shape index (κ2) is 6.63. The summed E-state index contributed by atoms with van der Waals surface area (Å²) in [5, 5.41) is 8.93. The van der Waals surface area contributed by atoms with Gasteiger partial charge >= 0.3 is 12.1 Å². The summed E-state index contributed by atoms with van der Waals surface area (Å²) in [5.41, 5.74) is -1.35. The Morgan fingerprint density at radius 1 is 1.30 bits per heavy atom. The average Bonchev–Trinajstić information content (AvgIpc) is 2.37. The topological polar surface area (TPSA) is 40.5 Å². The van der Waals surface area contributed by atoms with Crippen molar-refractivity contribution in [1.29, 1.82) is 0 Å². The van der Waals surface area contributed by atoms with E-state index in [1.807, 2.05) is 0 Å². The van der Waals surface area contributed by atoms with Crippen LogP contribution in [-0.2, 0) is 6.18 Å². The van der Waals surface area contributed by atoms with Crippen molar-refractivity contribution in [3.05, 3.63) is 29.3 Å². The van der Waals surface area contributed by atoms with Crippen molar-refractivity contribution in [2.45, 2.75) is 32.4 Å². The molecule has 0 spiro atoms. The maximum atomic E-state index is 12.7. The van der Waals surface area contributed by atoms with E-state index in [-0.39, 0.29) is 0 Å². The molecule has 0 bridgehead atoms. The van der Waals surface area contributed by atoms with Crippen LogP contribution >= 0.6 is 0 Å². The number of aromatic carboxylic acids is 1. The number of anilines is 1. The van der Waals surface area contributed by atoms with Gasteiger partial charge in [-0.15, -0.1) is 0 Å². The van der Waals surface area contributed by atoms with Crippen LogP contribution in [0.4, 0.5) is 18.9 Å². The fourth-order valence-electron chi connectivity index (χ4n) is 1.92. The van der Waals surface area contributed by atoms with Gasteiger partial charge in [-0.05, 0) is 24.6 Å². The van der Waals surface area contributed by atoms with Crippen LogP contribution in [0.1, 0.15) is 42.1 Å². The van der Waals surface area contributed by atoms with Crippen molar-refractivity contribution in [2.24, 2.45) is 0 Å². The zero-order valence-corrected chi connectivity index (χ0v) is 11.5. The zero-order chi connectivity index (χ0) is 15.3. The van der Waals surface area contributed by atoms with Gasteiger partial charge < -0.3 is 10.0 Å². The van der Waals surface area contributed by atoms with E-state index in [0.717, 1.165) is 31.4 Å². The molecule has 1 rings (SSSR count). The predicted molar refractivity (Wildman–Crippen MR) is 71.2 cm³/mol. The lowest BCUT2D eigenvalue weighted by Crippen LogP contribution is -2.20. The van der Waals surface area contributed by atoms with Crippen LogP contribution in [0.3, 0.4) is 0 Å². The molecule has 1 aromatic rings. The Labute approximate surface area is 116 Å². The SMILES string of the molecule is CCCCCN(C)c1ccc(C(F)(F)F)c(C(=O)O)c1. The average molecular weight is 289 g/mol. The maximum Gasteiger partial charge on any atom is 0.417 e. The van der Waals surface area contributed by atoms with E-state index >= 15 is 0 Å². The summed E-state index contributed by atoms with van der Waals surface area (Å²) in [6.07, 6.45) is -1.68. The fraction of sp³-hybridized carbons (Fsp3) is 0.500. The molecule has 0 saturated heterocycles. The van der Waals surface area contributed by atoms with E-state index < -0.39 is 23.3 Å². The second-order valence-corrected chi connectivity index (χ2v) is 4.66. The molecule has 0 aromatic heterocycles. The van der Waals surface area contributed by atoms with Gasteiger partial charge in [-0.25, -0.2) is 4.79 Å². The molecule has 0 atom stereocenters. The van der Waals surface area contributed by atoms with Crippen molar-refractivity contribution in [1.82, 2.24) is 0 Å². The molecule has 20 heavy (non-hydrogen) atoms. The fourth-order valence-corrected chi connectivity index (χ4v) is 1.92. The Kier molecular flexibility index (Phi) is 5.42. The molecular weight excluding hydrogens is 271 g/mol. The third-order valence-electron chi connectivity index (χ3n) is 3.08. The van der Waals surface area contributed by atoms with Crippen LogP contribution in [0.25, 0.3) is 0 Å². The Morgan fingerprint density at radius 3 is 2.45 bits per heavy atom. The van der Waals surface area contributed by atoms with Crippen LogP contribution in [0.2, 0.25) is 0 Å². The van der Waals surface area contributed by atoms with Gasteiger partial charge in [0.15, 0.2) is 0 Å². The van der Waals surface area contributed by atoms with Crippen molar-refractivity contribution in [3.8, 4) is 0 Å². The van der Waals surface area contributed by atoms with Gasteiger partial charge in [0.05, 0.1) is 11.1 Å². The molecular formula is C14H18F3NO2. The lowest BCUT2D eigenvalue weighted by atomic mass is 10.1. The van der Waals surface area contributed by atoms with E-state index in [1.54, 1.807) is 11.9 Å². The first kappa shape index (κ1) is 16.3.